The van der Waals surface area contributed by atoms with Crippen molar-refractivity contribution in [3.05, 3.63) is 56.4 Å². The number of carbonyl (C=O) groups excluding carboxylic acids is 1. The second-order valence-electron chi connectivity index (χ2n) is 10.4. The van der Waals surface area contributed by atoms with Gasteiger partial charge in [-0.15, -0.1) is 11.3 Å². The molecule has 4 heterocycles. The van der Waals surface area contributed by atoms with Gasteiger partial charge in [-0.2, -0.15) is 0 Å². The lowest BCUT2D eigenvalue weighted by Crippen LogP contribution is -2.51. The Kier molecular flexibility index (Phi) is 5.89. The fourth-order valence-corrected chi connectivity index (χ4v) is 7.19. The molecule has 8 heteroatoms. The van der Waals surface area contributed by atoms with Crippen LogP contribution in [-0.4, -0.2) is 46.5 Å². The molecule has 184 valence electrons. The SMILES string of the molecule is CN1CCC2(CC1)CC(NC(=O)CCc1nc3sc4c(c3c(=O)[nH]1)CCCC4)c1ccccc1O2. The van der Waals surface area contributed by atoms with Crippen LogP contribution in [-0.2, 0) is 24.1 Å². The first kappa shape index (κ1) is 22.7. The minimum Gasteiger partial charge on any atom is -0.487 e. The molecule has 7 nitrogen and oxygen atoms in total. The molecule has 1 aliphatic carbocycles. The first-order chi connectivity index (χ1) is 17.0. The van der Waals surface area contributed by atoms with Crippen molar-refractivity contribution in [2.45, 2.75) is 69.4 Å². The van der Waals surface area contributed by atoms with E-state index in [2.05, 4.69) is 22.2 Å². The van der Waals surface area contributed by atoms with Gasteiger partial charge in [0.1, 0.15) is 22.0 Å². The molecule has 1 unspecified atom stereocenters. The summed E-state index contributed by atoms with van der Waals surface area (Å²) >= 11 is 1.65. The average molecular weight is 493 g/mol. The Hall–Kier alpha value is -2.71. The standard InChI is InChI=1S/C27H32N4O3S/c1-31-14-12-27(13-15-31)16-19(17-6-2-4-8-20(17)34-27)28-23(32)11-10-22-29-25(33)24-18-7-3-5-9-21(18)35-26(24)30-22/h2,4,6,8,19H,3,5,7,9-16H2,1H3,(H,28,32)(H,29,30,33). The van der Waals surface area contributed by atoms with Gasteiger partial charge in [-0.25, -0.2) is 4.98 Å². The van der Waals surface area contributed by atoms with Crippen molar-refractivity contribution in [2.75, 3.05) is 20.1 Å². The van der Waals surface area contributed by atoms with Gasteiger partial charge in [0, 0.05) is 42.8 Å². The molecule has 2 N–H and O–H groups in total. The summed E-state index contributed by atoms with van der Waals surface area (Å²) in [4.78, 5) is 38.0. The van der Waals surface area contributed by atoms with Gasteiger partial charge in [-0.05, 0) is 57.2 Å². The van der Waals surface area contributed by atoms with Crippen LogP contribution in [0.1, 0.15) is 66.4 Å². The average Bonchev–Trinajstić information content (AvgIpc) is 3.24. The van der Waals surface area contributed by atoms with Crippen molar-refractivity contribution in [3.8, 4) is 5.75 Å². The van der Waals surface area contributed by atoms with Crippen LogP contribution in [0.15, 0.2) is 29.1 Å². The number of rotatable bonds is 4. The number of para-hydroxylation sites is 1. The van der Waals surface area contributed by atoms with E-state index in [-0.39, 0.29) is 29.5 Å². The number of nitrogens with zero attached hydrogens (tertiary/aromatic N) is 2. The zero-order chi connectivity index (χ0) is 24.0. The van der Waals surface area contributed by atoms with E-state index in [9.17, 15) is 9.59 Å². The molecule has 3 aliphatic rings. The number of fused-ring (bicyclic) bond motifs is 4. The summed E-state index contributed by atoms with van der Waals surface area (Å²) < 4.78 is 6.51. The van der Waals surface area contributed by atoms with Crippen LogP contribution < -0.4 is 15.6 Å². The van der Waals surface area contributed by atoms with E-state index in [1.165, 1.54) is 16.9 Å². The van der Waals surface area contributed by atoms with E-state index in [0.29, 0.717) is 12.2 Å². The Morgan fingerprint density at radius 2 is 2.06 bits per heavy atom. The maximum Gasteiger partial charge on any atom is 0.259 e. The van der Waals surface area contributed by atoms with E-state index in [0.717, 1.165) is 73.1 Å². The van der Waals surface area contributed by atoms with Crippen LogP contribution in [0.2, 0.25) is 0 Å². The maximum atomic E-state index is 13.0. The summed E-state index contributed by atoms with van der Waals surface area (Å²) in [6, 6.07) is 7.98. The number of piperidine rings is 1. The molecule has 2 aromatic heterocycles. The lowest BCUT2D eigenvalue weighted by molar-refractivity contribution is -0.122. The van der Waals surface area contributed by atoms with Crippen molar-refractivity contribution in [1.82, 2.24) is 20.2 Å². The molecular formula is C27H32N4O3S. The Bertz CT molecular complexity index is 1320. The Labute approximate surface area is 208 Å². The van der Waals surface area contributed by atoms with Gasteiger partial charge in [0.2, 0.25) is 5.91 Å². The van der Waals surface area contributed by atoms with Crippen molar-refractivity contribution in [3.63, 3.8) is 0 Å². The van der Waals surface area contributed by atoms with Crippen molar-refractivity contribution < 1.29 is 9.53 Å². The molecule has 0 saturated carbocycles. The highest BCUT2D eigenvalue weighted by Crippen LogP contribution is 2.44. The highest BCUT2D eigenvalue weighted by Gasteiger charge is 2.43. The number of nitrogens with one attached hydrogen (secondary N) is 2. The van der Waals surface area contributed by atoms with Gasteiger partial charge in [-0.3, -0.25) is 9.59 Å². The zero-order valence-electron chi connectivity index (χ0n) is 20.2. The van der Waals surface area contributed by atoms with Gasteiger partial charge in [-0.1, -0.05) is 18.2 Å². The number of aromatic amines is 1. The summed E-state index contributed by atoms with van der Waals surface area (Å²) in [5.41, 5.74) is 1.94. The van der Waals surface area contributed by atoms with E-state index < -0.39 is 0 Å². The van der Waals surface area contributed by atoms with Gasteiger partial charge in [0.25, 0.3) is 5.56 Å². The summed E-state index contributed by atoms with van der Waals surface area (Å²) in [7, 11) is 2.14. The summed E-state index contributed by atoms with van der Waals surface area (Å²) in [5.74, 6) is 1.45. The summed E-state index contributed by atoms with van der Waals surface area (Å²) in [6.45, 7) is 1.99. The van der Waals surface area contributed by atoms with Crippen LogP contribution in [0.25, 0.3) is 10.2 Å². The van der Waals surface area contributed by atoms with Crippen LogP contribution in [0.3, 0.4) is 0 Å². The number of thiophene rings is 1. The summed E-state index contributed by atoms with van der Waals surface area (Å²) in [5, 5.41) is 4.03. The van der Waals surface area contributed by atoms with Gasteiger partial charge >= 0.3 is 0 Å². The molecule has 2 aliphatic heterocycles. The van der Waals surface area contributed by atoms with E-state index in [1.807, 2.05) is 24.3 Å². The third kappa shape index (κ3) is 4.38. The predicted octanol–water partition coefficient (Wildman–Crippen LogP) is 3.90. The van der Waals surface area contributed by atoms with E-state index >= 15 is 0 Å². The molecule has 1 amide bonds. The van der Waals surface area contributed by atoms with Crippen LogP contribution >= 0.6 is 11.3 Å². The third-order valence-corrected chi connectivity index (χ3v) is 9.08. The number of benzene rings is 1. The molecular weight excluding hydrogens is 460 g/mol. The Balaban J connectivity index is 1.17. The van der Waals surface area contributed by atoms with Gasteiger partial charge in [0.15, 0.2) is 0 Å². The largest absolute Gasteiger partial charge is 0.487 e. The number of likely N-dealkylation sites (tertiary alicyclic amines) is 1. The lowest BCUT2D eigenvalue weighted by Gasteiger charge is -2.46. The third-order valence-electron chi connectivity index (χ3n) is 7.89. The molecule has 6 rings (SSSR count). The van der Waals surface area contributed by atoms with Crippen LogP contribution in [0, 0.1) is 0 Å². The zero-order valence-corrected chi connectivity index (χ0v) is 21.0. The second-order valence-corrected chi connectivity index (χ2v) is 11.4. The number of carbonyl (C=O) groups is 1. The first-order valence-corrected chi connectivity index (χ1v) is 13.6. The molecule has 3 aromatic rings. The second kappa shape index (κ2) is 9.06. The van der Waals surface area contributed by atoms with E-state index in [1.54, 1.807) is 11.3 Å². The Morgan fingerprint density at radius 1 is 1.26 bits per heavy atom. The topological polar surface area (TPSA) is 87.3 Å². The highest BCUT2D eigenvalue weighted by molar-refractivity contribution is 7.18. The smallest absolute Gasteiger partial charge is 0.259 e. The number of H-pyrrole nitrogens is 1. The highest BCUT2D eigenvalue weighted by atomic mass is 32.1. The van der Waals surface area contributed by atoms with Gasteiger partial charge in [0.05, 0.1) is 11.4 Å². The number of amides is 1. The predicted molar refractivity (Wildman–Crippen MR) is 137 cm³/mol. The van der Waals surface area contributed by atoms with Crippen LogP contribution in [0.5, 0.6) is 5.75 Å². The summed E-state index contributed by atoms with van der Waals surface area (Å²) in [6.07, 6.45) is 7.72. The maximum absolute atomic E-state index is 13.0. The number of hydrogen-bond acceptors (Lipinski definition) is 6. The normalized spacial score (nSPS) is 21.3. The number of hydrogen-bond donors (Lipinski definition) is 2. The molecule has 35 heavy (non-hydrogen) atoms. The monoisotopic (exact) mass is 492 g/mol. The molecule has 1 fully saturated rings. The number of aromatic nitrogens is 2. The molecule has 1 aromatic carbocycles. The fourth-order valence-electron chi connectivity index (χ4n) is 5.90. The van der Waals surface area contributed by atoms with Crippen molar-refractivity contribution in [1.29, 1.82) is 0 Å². The van der Waals surface area contributed by atoms with Crippen molar-refractivity contribution >= 4 is 27.5 Å². The number of ether oxygens (including phenoxy) is 1. The molecule has 0 bridgehead atoms. The van der Waals surface area contributed by atoms with Crippen molar-refractivity contribution in [2.24, 2.45) is 0 Å². The minimum atomic E-state index is -0.227. The molecule has 1 saturated heterocycles. The van der Waals surface area contributed by atoms with Gasteiger partial charge < -0.3 is 19.9 Å². The quantitative estimate of drug-likeness (QED) is 0.577. The molecule has 1 spiro atoms. The minimum absolute atomic E-state index is 0.0250. The number of aryl methyl sites for hydroxylation is 3. The Morgan fingerprint density at radius 3 is 2.91 bits per heavy atom. The van der Waals surface area contributed by atoms with E-state index in [4.69, 9.17) is 9.72 Å². The molecule has 1 atom stereocenters. The lowest BCUT2D eigenvalue weighted by atomic mass is 9.80. The first-order valence-electron chi connectivity index (χ1n) is 12.8. The fraction of sp³-hybridized carbons (Fsp3) is 0.519. The van der Waals surface area contributed by atoms with Crippen LogP contribution in [0.4, 0.5) is 0 Å². The molecule has 0 radical (unpaired) electrons.